The van der Waals surface area contributed by atoms with Gasteiger partial charge in [0.05, 0.1) is 24.6 Å². The number of carboxylic acids is 1. The summed E-state index contributed by atoms with van der Waals surface area (Å²) in [5.41, 5.74) is 2.36. The largest absolute Gasteiger partial charge is 0.490 e. The molecule has 194 valence electrons. The fourth-order valence-electron chi connectivity index (χ4n) is 6.68. The highest BCUT2D eigenvalue weighted by molar-refractivity contribution is 6.07. The average molecular weight is 506 g/mol. The molecule has 2 aliphatic carbocycles. The van der Waals surface area contributed by atoms with Crippen molar-refractivity contribution in [3.63, 3.8) is 0 Å². The topological polar surface area (TPSA) is 77.8 Å². The van der Waals surface area contributed by atoms with E-state index in [-0.39, 0.29) is 35.0 Å². The van der Waals surface area contributed by atoms with Crippen molar-refractivity contribution in [2.24, 2.45) is 17.3 Å². The van der Waals surface area contributed by atoms with Crippen molar-refractivity contribution in [1.82, 2.24) is 4.57 Å². The molecule has 3 aliphatic rings. The first-order valence-corrected chi connectivity index (χ1v) is 13.3. The molecule has 1 spiro atoms. The first-order chi connectivity index (χ1) is 17.9. The number of hydrogen-bond acceptors (Lipinski definition) is 4. The van der Waals surface area contributed by atoms with E-state index in [9.17, 15) is 14.0 Å². The Labute approximate surface area is 215 Å². The number of nitrogens with zero attached hydrogens (tertiary/aromatic N) is 1. The number of aliphatic carboxylic acids is 1. The van der Waals surface area contributed by atoms with E-state index in [1.807, 2.05) is 35.0 Å². The summed E-state index contributed by atoms with van der Waals surface area (Å²) in [4.78, 5) is 24.5. The fraction of sp³-hybridized carbons (Fsp3) is 0.467. The van der Waals surface area contributed by atoms with Crippen LogP contribution in [0.2, 0.25) is 0 Å². The van der Waals surface area contributed by atoms with E-state index in [0.29, 0.717) is 29.4 Å². The van der Waals surface area contributed by atoms with E-state index < -0.39 is 5.97 Å². The summed E-state index contributed by atoms with van der Waals surface area (Å²) in [6.07, 6.45) is 7.52. The predicted octanol–water partition coefficient (Wildman–Crippen LogP) is 5.85. The molecule has 37 heavy (non-hydrogen) atoms. The lowest BCUT2D eigenvalue weighted by Gasteiger charge is -2.56. The summed E-state index contributed by atoms with van der Waals surface area (Å²) in [7, 11) is 0. The van der Waals surface area contributed by atoms with Crippen LogP contribution in [0.5, 0.6) is 5.75 Å². The second kappa shape index (κ2) is 9.60. The van der Waals surface area contributed by atoms with Crippen molar-refractivity contribution < 1.29 is 28.6 Å². The molecule has 2 aromatic carbocycles. The van der Waals surface area contributed by atoms with Crippen molar-refractivity contribution in [2.45, 2.75) is 57.6 Å². The standard InChI is InChI=1S/C30H32FNO5/c31-26-6-5-25(27(33)13-20-14-30(15-20)16-21(17-30)29(34)35)28-24(26)7-10-32(28)18-19-1-3-22(4-2-19)37-23-8-11-36-12-9-23/h1-7,10,20-21,23H,8-9,11-18H2,(H,34,35). The maximum absolute atomic E-state index is 14.7. The number of Topliss-reactive ketones (excluding diaryl/α,β-unsaturated/α-hetero) is 1. The molecule has 2 saturated carbocycles. The number of carbonyl (C=O) groups excluding carboxylic acids is 1. The summed E-state index contributed by atoms with van der Waals surface area (Å²) in [6.45, 7) is 1.98. The molecule has 7 heteroatoms. The molecule has 0 atom stereocenters. The van der Waals surface area contributed by atoms with Crippen LogP contribution >= 0.6 is 0 Å². The summed E-state index contributed by atoms with van der Waals surface area (Å²) < 4.78 is 28.1. The molecular weight excluding hydrogens is 473 g/mol. The van der Waals surface area contributed by atoms with Crippen LogP contribution in [0, 0.1) is 23.1 Å². The predicted molar refractivity (Wildman–Crippen MR) is 136 cm³/mol. The molecule has 1 saturated heterocycles. The second-order valence-corrected chi connectivity index (χ2v) is 11.2. The molecule has 0 amide bonds. The summed E-state index contributed by atoms with van der Waals surface area (Å²) in [6, 6.07) is 12.7. The van der Waals surface area contributed by atoms with Gasteiger partial charge in [-0.25, -0.2) is 4.39 Å². The lowest BCUT2D eigenvalue weighted by atomic mass is 9.47. The summed E-state index contributed by atoms with van der Waals surface area (Å²) in [5, 5.41) is 9.62. The Balaban J connectivity index is 1.14. The van der Waals surface area contributed by atoms with Gasteiger partial charge in [-0.15, -0.1) is 0 Å². The van der Waals surface area contributed by atoms with Gasteiger partial charge in [0.25, 0.3) is 0 Å². The number of ether oxygens (including phenoxy) is 2. The number of carbonyl (C=O) groups is 2. The SMILES string of the molecule is O=C(CC1CC2(C1)CC(C(=O)O)C2)c1ccc(F)c2ccn(Cc3ccc(OC4CCOCC4)cc3)c12. The zero-order chi connectivity index (χ0) is 25.6. The normalized spacial score (nSPS) is 25.5. The molecule has 6 rings (SSSR count). The molecule has 0 unspecified atom stereocenters. The highest BCUT2D eigenvalue weighted by atomic mass is 19.1. The third kappa shape index (κ3) is 4.77. The summed E-state index contributed by atoms with van der Waals surface area (Å²) >= 11 is 0. The van der Waals surface area contributed by atoms with Gasteiger partial charge in [0.1, 0.15) is 17.7 Å². The lowest BCUT2D eigenvalue weighted by Crippen LogP contribution is -2.50. The molecule has 1 N–H and O–H groups in total. The Morgan fingerprint density at radius 2 is 1.76 bits per heavy atom. The van der Waals surface area contributed by atoms with Crippen LogP contribution in [0.4, 0.5) is 4.39 Å². The smallest absolute Gasteiger partial charge is 0.306 e. The van der Waals surface area contributed by atoms with Crippen molar-refractivity contribution in [1.29, 1.82) is 0 Å². The van der Waals surface area contributed by atoms with Crippen LogP contribution in [-0.2, 0) is 16.1 Å². The molecule has 3 aromatic rings. The van der Waals surface area contributed by atoms with E-state index in [1.54, 1.807) is 12.1 Å². The molecule has 3 fully saturated rings. The number of fused-ring (bicyclic) bond motifs is 1. The van der Waals surface area contributed by atoms with Gasteiger partial charge < -0.3 is 19.1 Å². The Morgan fingerprint density at radius 3 is 2.46 bits per heavy atom. The van der Waals surface area contributed by atoms with Crippen molar-refractivity contribution in [2.75, 3.05) is 13.2 Å². The number of hydrogen-bond donors (Lipinski definition) is 1. The van der Waals surface area contributed by atoms with Crippen LogP contribution in [-0.4, -0.2) is 40.7 Å². The maximum atomic E-state index is 14.7. The van der Waals surface area contributed by atoms with E-state index in [0.717, 1.165) is 63.1 Å². The maximum Gasteiger partial charge on any atom is 0.306 e. The Hall–Kier alpha value is -3.19. The number of halogens is 1. The van der Waals surface area contributed by atoms with E-state index >= 15 is 0 Å². The molecule has 0 radical (unpaired) electrons. The Kier molecular flexibility index (Phi) is 6.27. The lowest BCUT2D eigenvalue weighted by molar-refractivity contribution is -0.157. The van der Waals surface area contributed by atoms with Crippen LogP contribution in [0.1, 0.15) is 60.9 Å². The molecule has 2 heterocycles. The second-order valence-electron chi connectivity index (χ2n) is 11.2. The minimum Gasteiger partial charge on any atom is -0.490 e. The molecule has 1 aliphatic heterocycles. The van der Waals surface area contributed by atoms with Crippen molar-refractivity contribution >= 4 is 22.7 Å². The number of ketones is 1. The molecule has 0 bridgehead atoms. The highest BCUT2D eigenvalue weighted by Gasteiger charge is 2.54. The van der Waals surface area contributed by atoms with Gasteiger partial charge in [0.2, 0.25) is 0 Å². The molecular formula is C30H32FNO5. The van der Waals surface area contributed by atoms with Crippen LogP contribution in [0.15, 0.2) is 48.7 Å². The monoisotopic (exact) mass is 505 g/mol. The number of aromatic nitrogens is 1. The van der Waals surface area contributed by atoms with Gasteiger partial charge in [0, 0.05) is 43.0 Å². The Bertz CT molecular complexity index is 1310. The zero-order valence-electron chi connectivity index (χ0n) is 20.8. The Morgan fingerprint density at radius 1 is 1.03 bits per heavy atom. The third-order valence-corrected chi connectivity index (χ3v) is 8.55. The molecule has 6 nitrogen and oxygen atoms in total. The highest BCUT2D eigenvalue weighted by Crippen LogP contribution is 2.62. The van der Waals surface area contributed by atoms with E-state index in [4.69, 9.17) is 14.6 Å². The van der Waals surface area contributed by atoms with Gasteiger partial charge in [-0.3, -0.25) is 9.59 Å². The van der Waals surface area contributed by atoms with Gasteiger partial charge in [-0.1, -0.05) is 12.1 Å². The van der Waals surface area contributed by atoms with Crippen LogP contribution in [0.3, 0.4) is 0 Å². The molecule has 1 aromatic heterocycles. The van der Waals surface area contributed by atoms with Gasteiger partial charge in [-0.05, 0) is 72.9 Å². The summed E-state index contributed by atoms with van der Waals surface area (Å²) in [5.74, 6) is -0.134. The van der Waals surface area contributed by atoms with Crippen molar-refractivity contribution in [3.05, 3.63) is 65.6 Å². The van der Waals surface area contributed by atoms with Crippen LogP contribution in [0.25, 0.3) is 10.9 Å². The third-order valence-electron chi connectivity index (χ3n) is 8.55. The number of carboxylic acid groups (broad SMARTS) is 1. The number of rotatable bonds is 8. The van der Waals surface area contributed by atoms with Gasteiger partial charge >= 0.3 is 5.97 Å². The van der Waals surface area contributed by atoms with E-state index in [1.165, 1.54) is 6.07 Å². The minimum atomic E-state index is -0.707. The number of benzene rings is 2. The van der Waals surface area contributed by atoms with E-state index in [2.05, 4.69) is 0 Å². The van der Waals surface area contributed by atoms with Crippen molar-refractivity contribution in [3.8, 4) is 5.75 Å². The minimum absolute atomic E-state index is 0.0270. The quantitative estimate of drug-likeness (QED) is 0.389. The first-order valence-electron chi connectivity index (χ1n) is 13.3. The average Bonchev–Trinajstić information content (AvgIpc) is 3.26. The fourth-order valence-corrected chi connectivity index (χ4v) is 6.68. The van der Waals surface area contributed by atoms with Gasteiger partial charge in [0.15, 0.2) is 5.78 Å². The zero-order valence-corrected chi connectivity index (χ0v) is 20.8. The van der Waals surface area contributed by atoms with Crippen LogP contribution < -0.4 is 4.74 Å². The first kappa shape index (κ1) is 24.2. The van der Waals surface area contributed by atoms with Gasteiger partial charge in [-0.2, -0.15) is 0 Å².